The topological polar surface area (TPSA) is 83.8 Å². The molecular weight excluding hydrogens is 240 g/mol. The Morgan fingerprint density at radius 2 is 2.05 bits per heavy atom. The first-order valence-corrected chi connectivity index (χ1v) is 6.13. The van der Waals surface area contributed by atoms with Gasteiger partial charge in [-0.3, -0.25) is 9.89 Å². The van der Waals surface area contributed by atoms with Gasteiger partial charge in [0.15, 0.2) is 0 Å². The van der Waals surface area contributed by atoms with Crippen molar-refractivity contribution in [3.05, 3.63) is 46.3 Å². The van der Waals surface area contributed by atoms with Crippen molar-refractivity contribution in [2.75, 3.05) is 5.73 Å². The second-order valence-corrected chi connectivity index (χ2v) is 4.73. The summed E-state index contributed by atoms with van der Waals surface area (Å²) in [5.41, 5.74) is 10.9. The molecule has 1 heterocycles. The van der Waals surface area contributed by atoms with Gasteiger partial charge in [-0.2, -0.15) is 5.10 Å². The first kappa shape index (κ1) is 13.1. The number of nitrogen functional groups attached to an aromatic ring is 1. The van der Waals surface area contributed by atoms with E-state index in [9.17, 15) is 4.79 Å². The zero-order valence-electron chi connectivity index (χ0n) is 11.4. The van der Waals surface area contributed by atoms with Crippen LogP contribution >= 0.6 is 0 Å². The summed E-state index contributed by atoms with van der Waals surface area (Å²) in [5, 5.41) is 9.63. The predicted octanol–water partition coefficient (Wildman–Crippen LogP) is 1.85. The SMILES string of the molecule is Cc1cc(C)c(C(=O)NCc2cn[nH]c2C)cc1N. The monoisotopic (exact) mass is 258 g/mol. The van der Waals surface area contributed by atoms with E-state index in [4.69, 9.17) is 5.73 Å². The minimum Gasteiger partial charge on any atom is -0.398 e. The molecular formula is C14H18N4O. The normalized spacial score (nSPS) is 10.5. The number of benzene rings is 1. The zero-order chi connectivity index (χ0) is 14.0. The lowest BCUT2D eigenvalue weighted by Gasteiger charge is -2.10. The van der Waals surface area contributed by atoms with Gasteiger partial charge in [-0.05, 0) is 38.0 Å². The Hall–Kier alpha value is -2.30. The number of carbonyl (C=O) groups excluding carboxylic acids is 1. The maximum absolute atomic E-state index is 12.1. The third kappa shape index (κ3) is 2.76. The maximum Gasteiger partial charge on any atom is 0.251 e. The van der Waals surface area contributed by atoms with Crippen LogP contribution in [0.5, 0.6) is 0 Å². The summed E-state index contributed by atoms with van der Waals surface area (Å²) in [7, 11) is 0. The van der Waals surface area contributed by atoms with Gasteiger partial charge in [-0.15, -0.1) is 0 Å². The Bertz CT molecular complexity index is 616. The van der Waals surface area contributed by atoms with Gasteiger partial charge in [-0.1, -0.05) is 6.07 Å². The molecule has 0 saturated heterocycles. The van der Waals surface area contributed by atoms with Crippen molar-refractivity contribution in [3.8, 4) is 0 Å². The van der Waals surface area contributed by atoms with E-state index in [0.29, 0.717) is 17.8 Å². The molecule has 1 aromatic carbocycles. The predicted molar refractivity (Wildman–Crippen MR) is 74.8 cm³/mol. The summed E-state index contributed by atoms with van der Waals surface area (Å²) in [4.78, 5) is 12.1. The number of anilines is 1. The number of nitrogens with one attached hydrogen (secondary N) is 2. The molecule has 2 rings (SSSR count). The number of aromatic nitrogens is 2. The van der Waals surface area contributed by atoms with Crippen molar-refractivity contribution in [2.24, 2.45) is 0 Å². The number of nitrogens with two attached hydrogens (primary N) is 1. The van der Waals surface area contributed by atoms with E-state index in [1.165, 1.54) is 0 Å². The molecule has 0 atom stereocenters. The molecule has 0 spiro atoms. The van der Waals surface area contributed by atoms with Crippen LogP contribution in [0.4, 0.5) is 5.69 Å². The van der Waals surface area contributed by atoms with Crippen molar-refractivity contribution < 1.29 is 4.79 Å². The fourth-order valence-electron chi connectivity index (χ4n) is 1.94. The van der Waals surface area contributed by atoms with Gasteiger partial charge in [0.05, 0.1) is 6.20 Å². The fourth-order valence-corrected chi connectivity index (χ4v) is 1.94. The lowest BCUT2D eigenvalue weighted by molar-refractivity contribution is 0.0950. The van der Waals surface area contributed by atoms with Crippen LogP contribution in [0.15, 0.2) is 18.3 Å². The lowest BCUT2D eigenvalue weighted by Crippen LogP contribution is -2.24. The molecule has 0 radical (unpaired) electrons. The number of carbonyl (C=O) groups is 1. The number of hydrogen-bond acceptors (Lipinski definition) is 3. The molecule has 0 aliphatic carbocycles. The van der Waals surface area contributed by atoms with Crippen molar-refractivity contribution >= 4 is 11.6 Å². The van der Waals surface area contributed by atoms with E-state index in [1.54, 1.807) is 12.3 Å². The molecule has 100 valence electrons. The van der Waals surface area contributed by atoms with Gasteiger partial charge < -0.3 is 11.1 Å². The molecule has 4 N–H and O–H groups in total. The molecule has 5 heteroatoms. The van der Waals surface area contributed by atoms with Gasteiger partial charge in [0.2, 0.25) is 0 Å². The molecule has 1 amide bonds. The van der Waals surface area contributed by atoms with Crippen LogP contribution in [0.1, 0.15) is 32.7 Å². The second kappa shape index (κ2) is 5.14. The molecule has 0 fully saturated rings. The van der Waals surface area contributed by atoms with Gasteiger partial charge >= 0.3 is 0 Å². The highest BCUT2D eigenvalue weighted by atomic mass is 16.1. The highest BCUT2D eigenvalue weighted by Gasteiger charge is 2.11. The first-order chi connectivity index (χ1) is 8.99. The summed E-state index contributed by atoms with van der Waals surface area (Å²) < 4.78 is 0. The van der Waals surface area contributed by atoms with Crippen molar-refractivity contribution in [3.63, 3.8) is 0 Å². The van der Waals surface area contributed by atoms with Crippen LogP contribution in [0, 0.1) is 20.8 Å². The summed E-state index contributed by atoms with van der Waals surface area (Å²) >= 11 is 0. The summed E-state index contributed by atoms with van der Waals surface area (Å²) in [6.45, 7) is 6.21. The quantitative estimate of drug-likeness (QED) is 0.734. The first-order valence-electron chi connectivity index (χ1n) is 6.13. The van der Waals surface area contributed by atoms with Gasteiger partial charge in [0.1, 0.15) is 0 Å². The van der Waals surface area contributed by atoms with Crippen LogP contribution < -0.4 is 11.1 Å². The molecule has 19 heavy (non-hydrogen) atoms. The molecule has 0 bridgehead atoms. The number of aromatic amines is 1. The molecule has 0 aliphatic rings. The third-order valence-electron chi connectivity index (χ3n) is 3.23. The van der Waals surface area contributed by atoms with Gasteiger partial charge in [-0.25, -0.2) is 0 Å². The van der Waals surface area contributed by atoms with E-state index in [-0.39, 0.29) is 5.91 Å². The van der Waals surface area contributed by atoms with E-state index >= 15 is 0 Å². The van der Waals surface area contributed by atoms with Crippen LogP contribution in [0.3, 0.4) is 0 Å². The van der Waals surface area contributed by atoms with E-state index in [1.807, 2.05) is 26.8 Å². The van der Waals surface area contributed by atoms with Crippen LogP contribution in [0.2, 0.25) is 0 Å². The van der Waals surface area contributed by atoms with Crippen molar-refractivity contribution in [1.82, 2.24) is 15.5 Å². The van der Waals surface area contributed by atoms with Gasteiger partial charge in [0, 0.05) is 29.1 Å². The number of rotatable bonds is 3. The number of H-pyrrole nitrogens is 1. The smallest absolute Gasteiger partial charge is 0.251 e. The Morgan fingerprint density at radius 3 is 2.68 bits per heavy atom. The molecule has 0 saturated carbocycles. The zero-order valence-corrected chi connectivity index (χ0v) is 11.4. The minimum atomic E-state index is -0.121. The Kier molecular flexibility index (Phi) is 3.55. The van der Waals surface area contributed by atoms with Crippen LogP contribution in [-0.4, -0.2) is 16.1 Å². The Balaban J connectivity index is 2.12. The average molecular weight is 258 g/mol. The minimum absolute atomic E-state index is 0.121. The third-order valence-corrected chi connectivity index (χ3v) is 3.23. The summed E-state index contributed by atoms with van der Waals surface area (Å²) in [6.07, 6.45) is 1.71. The Morgan fingerprint density at radius 1 is 1.32 bits per heavy atom. The number of nitrogens with zero attached hydrogens (tertiary/aromatic N) is 1. The van der Waals surface area contributed by atoms with E-state index < -0.39 is 0 Å². The lowest BCUT2D eigenvalue weighted by atomic mass is 10.0. The number of aryl methyl sites for hydroxylation is 3. The molecule has 1 aromatic heterocycles. The summed E-state index contributed by atoms with van der Waals surface area (Å²) in [5.74, 6) is -0.121. The molecule has 0 aliphatic heterocycles. The number of amides is 1. The molecule has 0 unspecified atom stereocenters. The van der Waals surface area contributed by atoms with Crippen molar-refractivity contribution in [1.29, 1.82) is 0 Å². The number of hydrogen-bond donors (Lipinski definition) is 3. The second-order valence-electron chi connectivity index (χ2n) is 4.73. The summed E-state index contributed by atoms with van der Waals surface area (Å²) in [6, 6.07) is 3.65. The maximum atomic E-state index is 12.1. The average Bonchev–Trinajstić information content (AvgIpc) is 2.76. The van der Waals surface area contributed by atoms with Gasteiger partial charge in [0.25, 0.3) is 5.91 Å². The molecule has 2 aromatic rings. The Labute approximate surface area is 112 Å². The van der Waals surface area contributed by atoms with Crippen molar-refractivity contribution in [2.45, 2.75) is 27.3 Å². The fraction of sp³-hybridized carbons (Fsp3) is 0.286. The molecule has 5 nitrogen and oxygen atoms in total. The van der Waals surface area contributed by atoms with E-state index in [0.717, 1.165) is 22.4 Å². The standard InChI is InChI=1S/C14H18N4O/c1-8-4-9(2)13(15)5-12(8)14(19)16-6-11-7-17-18-10(11)3/h4-5,7H,6,15H2,1-3H3,(H,16,19)(H,17,18). The van der Waals surface area contributed by atoms with Crippen LogP contribution in [-0.2, 0) is 6.54 Å². The highest BCUT2D eigenvalue weighted by molar-refractivity contribution is 5.96. The largest absolute Gasteiger partial charge is 0.398 e. The highest BCUT2D eigenvalue weighted by Crippen LogP contribution is 2.17. The van der Waals surface area contributed by atoms with E-state index in [2.05, 4.69) is 15.5 Å². The van der Waals surface area contributed by atoms with Crippen LogP contribution in [0.25, 0.3) is 0 Å².